The minimum absolute atomic E-state index is 0.103. The van der Waals surface area contributed by atoms with E-state index in [0.29, 0.717) is 18.1 Å². The number of aliphatic hydroxyl groups is 2. The number of hydrogen-bond donors (Lipinski definition) is 2. The van der Waals surface area contributed by atoms with Gasteiger partial charge in [0.1, 0.15) is 11.5 Å². The van der Waals surface area contributed by atoms with Crippen LogP contribution in [-0.2, 0) is 4.79 Å². The predicted octanol–water partition coefficient (Wildman–Crippen LogP) is 14.5. The molecule has 0 bridgehead atoms. The molecule has 0 fully saturated rings. The van der Waals surface area contributed by atoms with Crippen molar-refractivity contribution in [3.8, 4) is 5.75 Å². The first-order valence-corrected chi connectivity index (χ1v) is 21.0. The van der Waals surface area contributed by atoms with Crippen LogP contribution >= 0.6 is 0 Å². The fourth-order valence-corrected chi connectivity index (χ4v) is 4.38. The van der Waals surface area contributed by atoms with E-state index in [0.717, 1.165) is 77.0 Å². The normalized spacial score (nSPS) is 10.6. The topological polar surface area (TPSA) is 96.2 Å². The number of carbonyl (C=O) groups excluding carboxylic acids is 2. The zero-order chi connectivity index (χ0) is 45.2. The molecular formula is C50H89NO5. The van der Waals surface area contributed by atoms with E-state index in [2.05, 4.69) is 38.4 Å². The molecule has 2 N–H and O–H groups in total. The summed E-state index contributed by atoms with van der Waals surface area (Å²) in [7, 11) is 1.69. The minimum Gasteiger partial charge on any atom is -0.496 e. The standard InChI is InChI=1S/C16H21NO.C10H12O.C9H18O.C5H12O2.C4H8.3C2H6/c1-11(2)14(5)17-10-13(4)15-7-8-16(18-6)12(3)9-15;1-7-4-5-10(9(3)11)8(2)6-7;1-4-6-9(7-5-2)8(3)10;1-2-3-5(7)4-6;1-3-4-2;3*1-2/h7-10H,1H2,2-6H3;4-6H,1-3H3;9H,4-7H2,1-3H3;5-7H,2-4H2,1H3;3-4H,1-2H3;3*1-2H3/b13-10+,17-14?;;;;4-3-;;;. The van der Waals surface area contributed by atoms with Gasteiger partial charge in [-0.2, -0.15) is 0 Å². The number of ether oxygens (including phenoxy) is 1. The summed E-state index contributed by atoms with van der Waals surface area (Å²) in [5.74, 6) is 1.76. The molecular weight excluding hydrogens is 695 g/mol. The highest BCUT2D eigenvalue weighted by Crippen LogP contribution is 2.23. The van der Waals surface area contributed by atoms with Gasteiger partial charge >= 0.3 is 0 Å². The maximum absolute atomic E-state index is 11.0. The first kappa shape index (κ1) is 64.3. The average molecular weight is 784 g/mol. The molecule has 0 amide bonds. The summed E-state index contributed by atoms with van der Waals surface area (Å²) in [5.41, 5.74) is 8.46. The van der Waals surface area contributed by atoms with Crippen molar-refractivity contribution in [3.05, 3.63) is 94.7 Å². The summed E-state index contributed by atoms with van der Waals surface area (Å²) < 4.78 is 5.25. The zero-order valence-electron chi connectivity index (χ0n) is 40.1. The Bertz CT molecular complexity index is 1330. The number of aliphatic imine (C=N–C) groups is 1. The summed E-state index contributed by atoms with van der Waals surface area (Å²) in [5, 5.41) is 16.8. The van der Waals surface area contributed by atoms with Crippen molar-refractivity contribution in [2.45, 2.75) is 176 Å². The van der Waals surface area contributed by atoms with Crippen LogP contribution in [0.2, 0.25) is 0 Å². The molecule has 0 saturated heterocycles. The number of rotatable bonds is 13. The fraction of sp³-hybridized carbons (Fsp3) is 0.580. The Hall–Kier alpha value is -3.61. The van der Waals surface area contributed by atoms with E-state index in [9.17, 15) is 9.59 Å². The van der Waals surface area contributed by atoms with Crippen molar-refractivity contribution < 1.29 is 24.5 Å². The largest absolute Gasteiger partial charge is 0.496 e. The van der Waals surface area contributed by atoms with Gasteiger partial charge in [0.15, 0.2) is 5.78 Å². The molecule has 0 aromatic heterocycles. The number of allylic oxidation sites excluding steroid dienone is 4. The molecule has 0 heterocycles. The number of hydrogen-bond acceptors (Lipinski definition) is 6. The molecule has 1 atom stereocenters. The van der Waals surface area contributed by atoms with E-state index in [1.165, 1.54) is 5.56 Å². The van der Waals surface area contributed by atoms with Gasteiger partial charge in [-0.15, -0.1) is 0 Å². The summed E-state index contributed by atoms with van der Waals surface area (Å²) in [6.45, 7) is 41.3. The van der Waals surface area contributed by atoms with Crippen LogP contribution in [0, 0.1) is 26.7 Å². The van der Waals surface area contributed by atoms with Crippen molar-refractivity contribution in [1.29, 1.82) is 0 Å². The number of Topliss-reactive ketones (excluding diaryl/α,β-unsaturated/α-hetero) is 2. The highest BCUT2D eigenvalue weighted by Gasteiger charge is 2.10. The van der Waals surface area contributed by atoms with E-state index in [1.807, 2.05) is 146 Å². The van der Waals surface area contributed by atoms with Gasteiger partial charge in [-0.3, -0.25) is 14.6 Å². The van der Waals surface area contributed by atoms with Gasteiger partial charge in [-0.25, -0.2) is 0 Å². The third-order valence-electron chi connectivity index (χ3n) is 7.70. The Morgan fingerprint density at radius 1 is 0.768 bits per heavy atom. The number of methoxy groups -OCH3 is 1. The summed E-state index contributed by atoms with van der Waals surface area (Å²) >= 11 is 0. The summed E-state index contributed by atoms with van der Waals surface area (Å²) in [6.07, 6.45) is 11.4. The average Bonchev–Trinajstić information content (AvgIpc) is 3.19. The number of aliphatic hydroxyl groups excluding tert-OH is 2. The van der Waals surface area contributed by atoms with Gasteiger partial charge < -0.3 is 14.9 Å². The van der Waals surface area contributed by atoms with Crippen LogP contribution < -0.4 is 4.74 Å². The van der Waals surface area contributed by atoms with Gasteiger partial charge in [0.05, 0.1) is 19.8 Å². The second-order valence-electron chi connectivity index (χ2n) is 12.5. The third-order valence-corrected chi connectivity index (χ3v) is 7.70. The number of aryl methyl sites for hydroxylation is 3. The monoisotopic (exact) mass is 784 g/mol. The van der Waals surface area contributed by atoms with E-state index in [1.54, 1.807) is 21.0 Å². The first-order valence-electron chi connectivity index (χ1n) is 21.0. The van der Waals surface area contributed by atoms with E-state index in [4.69, 9.17) is 14.9 Å². The number of benzene rings is 2. The van der Waals surface area contributed by atoms with Gasteiger partial charge in [0.2, 0.25) is 0 Å². The molecule has 1 unspecified atom stereocenters. The van der Waals surface area contributed by atoms with E-state index in [-0.39, 0.29) is 12.4 Å². The van der Waals surface area contributed by atoms with Gasteiger partial charge in [-0.05, 0) is 128 Å². The Morgan fingerprint density at radius 3 is 1.55 bits per heavy atom. The first-order chi connectivity index (χ1) is 26.5. The zero-order valence-corrected chi connectivity index (χ0v) is 40.1. The van der Waals surface area contributed by atoms with Gasteiger partial charge in [0.25, 0.3) is 0 Å². The fourth-order valence-electron chi connectivity index (χ4n) is 4.38. The lowest BCUT2D eigenvalue weighted by molar-refractivity contribution is -0.121. The van der Waals surface area contributed by atoms with Crippen molar-refractivity contribution in [2.75, 3.05) is 13.7 Å². The quantitative estimate of drug-likeness (QED) is 0.120. The lowest BCUT2D eigenvalue weighted by Gasteiger charge is -2.09. The number of carbonyl (C=O) groups is 2. The van der Waals surface area contributed by atoms with Crippen molar-refractivity contribution >= 4 is 22.9 Å². The molecule has 6 nitrogen and oxygen atoms in total. The van der Waals surface area contributed by atoms with Crippen LogP contribution in [0.1, 0.15) is 182 Å². The molecule has 0 spiro atoms. The smallest absolute Gasteiger partial charge is 0.160 e. The molecule has 0 radical (unpaired) electrons. The Balaban J connectivity index is -0.000000144. The highest BCUT2D eigenvalue weighted by molar-refractivity contribution is 5.97. The van der Waals surface area contributed by atoms with Crippen LogP contribution in [-0.4, -0.2) is 47.3 Å². The van der Waals surface area contributed by atoms with E-state index >= 15 is 0 Å². The molecule has 56 heavy (non-hydrogen) atoms. The van der Waals surface area contributed by atoms with Crippen molar-refractivity contribution in [3.63, 3.8) is 0 Å². The van der Waals surface area contributed by atoms with Crippen molar-refractivity contribution in [1.82, 2.24) is 0 Å². The van der Waals surface area contributed by atoms with Crippen LogP contribution in [0.4, 0.5) is 0 Å². The number of nitrogens with zero attached hydrogens (tertiary/aromatic N) is 1. The van der Waals surface area contributed by atoms with Crippen LogP contribution in [0.3, 0.4) is 0 Å². The second kappa shape index (κ2) is 45.8. The Labute approximate surface area is 347 Å². The van der Waals surface area contributed by atoms with Crippen molar-refractivity contribution in [2.24, 2.45) is 10.9 Å². The molecule has 2 aromatic rings. The third kappa shape index (κ3) is 37.3. The lowest BCUT2D eigenvalue weighted by Crippen LogP contribution is -2.10. The molecule has 0 aliphatic rings. The molecule has 0 aliphatic carbocycles. The molecule has 0 saturated carbocycles. The van der Waals surface area contributed by atoms with E-state index < -0.39 is 6.10 Å². The predicted molar refractivity (Wildman–Crippen MR) is 252 cm³/mol. The second-order valence-corrected chi connectivity index (χ2v) is 12.5. The van der Waals surface area contributed by atoms with Crippen LogP contribution in [0.5, 0.6) is 5.75 Å². The molecule has 324 valence electrons. The van der Waals surface area contributed by atoms with Crippen LogP contribution in [0.25, 0.3) is 5.57 Å². The molecule has 0 aliphatic heterocycles. The lowest BCUT2D eigenvalue weighted by atomic mass is 9.95. The number of ketones is 2. The molecule has 2 rings (SSSR count). The highest BCUT2D eigenvalue weighted by atomic mass is 16.5. The maximum atomic E-state index is 11.0. The van der Waals surface area contributed by atoms with Gasteiger partial charge in [0, 0.05) is 23.4 Å². The van der Waals surface area contributed by atoms with Gasteiger partial charge in [-0.1, -0.05) is 130 Å². The molecule has 2 aromatic carbocycles. The Kier molecular flexibility index (Phi) is 52.6. The summed E-state index contributed by atoms with van der Waals surface area (Å²) in [6, 6.07) is 12.0. The SMILES string of the molecule is C/C=C\C.C=C(C)C(C)=N/C=C(\C)c1ccc(OC)c(C)c1.CC.CC.CC.CC(=O)c1ccc(C)cc1C.CCCC(CCC)C(C)=O.CCCC(O)CO. The van der Waals surface area contributed by atoms with Crippen LogP contribution in [0.15, 0.2) is 71.9 Å². The maximum Gasteiger partial charge on any atom is 0.160 e. The minimum atomic E-state index is -0.495. The summed E-state index contributed by atoms with van der Waals surface area (Å²) in [4.78, 5) is 26.3. The Morgan fingerprint density at radius 2 is 1.25 bits per heavy atom. The molecule has 6 heteroatoms.